The fraction of sp³-hybridized carbons (Fsp3) is 0.345. The quantitative estimate of drug-likeness (QED) is 0.254. The number of aromatic nitrogens is 2. The molecule has 1 aliphatic heterocycles. The van der Waals surface area contributed by atoms with Gasteiger partial charge in [-0.3, -0.25) is 14.6 Å². The fourth-order valence-corrected chi connectivity index (χ4v) is 5.21. The van der Waals surface area contributed by atoms with E-state index in [1.165, 1.54) is 0 Å². The summed E-state index contributed by atoms with van der Waals surface area (Å²) in [7, 11) is 0. The van der Waals surface area contributed by atoms with E-state index in [0.717, 1.165) is 34.9 Å². The van der Waals surface area contributed by atoms with Gasteiger partial charge in [0.05, 0.1) is 6.61 Å². The third kappa shape index (κ3) is 4.83. The Hall–Kier alpha value is -4.27. The van der Waals surface area contributed by atoms with Crippen molar-refractivity contribution in [2.75, 3.05) is 22.1 Å². The molecule has 4 aromatic rings. The highest BCUT2D eigenvalue weighted by Crippen LogP contribution is 2.33. The van der Waals surface area contributed by atoms with Gasteiger partial charge < -0.3 is 20.3 Å². The van der Waals surface area contributed by atoms with E-state index in [0.29, 0.717) is 17.9 Å². The Balaban J connectivity index is 1.35. The highest BCUT2D eigenvalue weighted by Gasteiger charge is 2.37. The second-order valence-electron chi connectivity index (χ2n) is 9.80. The van der Waals surface area contributed by atoms with Gasteiger partial charge in [-0.15, -0.1) is 0 Å². The zero-order valence-corrected chi connectivity index (χ0v) is 21.7. The van der Waals surface area contributed by atoms with Crippen LogP contribution in [0.2, 0.25) is 0 Å². The van der Waals surface area contributed by atoms with Gasteiger partial charge in [0.2, 0.25) is 0 Å². The summed E-state index contributed by atoms with van der Waals surface area (Å²) in [5, 5.41) is 8.34. The minimum absolute atomic E-state index is 0.155. The predicted octanol–water partition coefficient (Wildman–Crippen LogP) is 3.93. The molecule has 9 nitrogen and oxygen atoms in total. The van der Waals surface area contributed by atoms with E-state index in [4.69, 9.17) is 4.74 Å². The molecule has 3 heterocycles. The maximum Gasteiger partial charge on any atom is 0.328 e. The number of carbonyl (C=O) groups is 1. The van der Waals surface area contributed by atoms with Gasteiger partial charge in [-0.2, -0.15) is 0 Å². The van der Waals surface area contributed by atoms with Crippen molar-refractivity contribution in [1.82, 2.24) is 9.97 Å². The van der Waals surface area contributed by atoms with Crippen LogP contribution < -0.4 is 26.4 Å². The average molecular weight is 514 g/mol. The van der Waals surface area contributed by atoms with E-state index in [-0.39, 0.29) is 24.4 Å². The highest BCUT2D eigenvalue weighted by molar-refractivity contribution is 5.92. The molecule has 2 aromatic carbocycles. The third-order valence-electron chi connectivity index (χ3n) is 7.21. The molecular weight excluding hydrogens is 482 g/mol. The number of benzene rings is 1. The van der Waals surface area contributed by atoms with Crippen molar-refractivity contribution in [3.8, 4) is 0 Å². The van der Waals surface area contributed by atoms with Crippen LogP contribution in [0.25, 0.3) is 10.8 Å². The smallest absolute Gasteiger partial charge is 0.328 e. The van der Waals surface area contributed by atoms with E-state index in [2.05, 4.69) is 20.6 Å². The summed E-state index contributed by atoms with van der Waals surface area (Å²) in [5.74, 6) is 0.232. The summed E-state index contributed by atoms with van der Waals surface area (Å²) in [5.41, 5.74) is 1.22. The number of hydrogen-bond donors (Lipinski definition) is 2. The van der Waals surface area contributed by atoms with Gasteiger partial charge in [0.1, 0.15) is 23.2 Å². The number of esters is 1. The van der Waals surface area contributed by atoms with Gasteiger partial charge in [0.25, 0.3) is 10.9 Å². The Morgan fingerprint density at radius 3 is 2.47 bits per heavy atom. The maximum absolute atomic E-state index is 12.9. The minimum Gasteiger partial charge on any atom is -0.464 e. The first-order valence-electron chi connectivity index (χ1n) is 13.0. The Morgan fingerprint density at radius 2 is 1.76 bits per heavy atom. The van der Waals surface area contributed by atoms with Gasteiger partial charge >= 0.3 is 5.97 Å². The van der Waals surface area contributed by atoms with Gasteiger partial charge in [-0.05, 0) is 68.8 Å². The number of hydrogen-bond acceptors (Lipinski definition) is 9. The molecule has 0 saturated carbocycles. The minimum atomic E-state index is -0.810. The first kappa shape index (κ1) is 25.4. The highest BCUT2D eigenvalue weighted by atomic mass is 16.5. The number of rotatable bonds is 9. The molecular formula is C29H31N5O4. The Kier molecular flexibility index (Phi) is 7.09. The van der Waals surface area contributed by atoms with Crippen LogP contribution in [0.4, 0.5) is 22.9 Å². The second-order valence-corrected chi connectivity index (χ2v) is 9.80. The molecule has 5 rings (SSSR count). The number of fused-ring (bicyclic) bond motifs is 1. The molecule has 0 spiro atoms. The summed E-state index contributed by atoms with van der Waals surface area (Å²) in [6.07, 6.45) is 7.45. The third-order valence-corrected chi connectivity index (χ3v) is 7.21. The van der Waals surface area contributed by atoms with Crippen LogP contribution in [0.15, 0.2) is 64.6 Å². The molecule has 1 aliphatic rings. The van der Waals surface area contributed by atoms with Crippen molar-refractivity contribution in [3.05, 3.63) is 81.0 Å². The van der Waals surface area contributed by atoms with Crippen molar-refractivity contribution < 1.29 is 9.53 Å². The van der Waals surface area contributed by atoms with Gasteiger partial charge in [-0.25, -0.2) is 9.78 Å². The average Bonchev–Trinajstić information content (AvgIpc) is 3.25. The van der Waals surface area contributed by atoms with Crippen LogP contribution >= 0.6 is 0 Å². The normalized spacial score (nSPS) is 18.0. The second kappa shape index (κ2) is 10.6. The molecule has 9 heteroatoms. The van der Waals surface area contributed by atoms with E-state index in [9.17, 15) is 14.4 Å². The monoisotopic (exact) mass is 513 g/mol. The van der Waals surface area contributed by atoms with Gasteiger partial charge in [-0.1, -0.05) is 12.1 Å². The molecule has 1 saturated heterocycles. The maximum atomic E-state index is 12.9. The summed E-state index contributed by atoms with van der Waals surface area (Å²) in [6.45, 7) is 6.05. The molecule has 3 atom stereocenters. The fourth-order valence-electron chi connectivity index (χ4n) is 5.21. The predicted molar refractivity (Wildman–Crippen MR) is 149 cm³/mol. The molecule has 0 aliphatic carbocycles. The lowest BCUT2D eigenvalue weighted by Crippen LogP contribution is -2.48. The molecule has 2 aromatic heterocycles. The van der Waals surface area contributed by atoms with Gasteiger partial charge in [0, 0.05) is 48.2 Å². The van der Waals surface area contributed by atoms with Crippen LogP contribution in [-0.4, -0.2) is 40.7 Å². The number of ether oxygens (including phenoxy) is 1. The van der Waals surface area contributed by atoms with Crippen molar-refractivity contribution in [2.24, 2.45) is 0 Å². The summed E-state index contributed by atoms with van der Waals surface area (Å²) in [6, 6.07) is 11.0. The van der Waals surface area contributed by atoms with E-state index < -0.39 is 22.9 Å². The Bertz CT molecular complexity index is 1510. The van der Waals surface area contributed by atoms with Crippen molar-refractivity contribution in [2.45, 2.75) is 58.2 Å². The number of carbonyl (C=O) groups excluding carboxylic acids is 1. The van der Waals surface area contributed by atoms with Gasteiger partial charge in [0.15, 0.2) is 0 Å². The van der Waals surface area contributed by atoms with Crippen molar-refractivity contribution in [1.29, 1.82) is 0 Å². The molecule has 196 valence electrons. The van der Waals surface area contributed by atoms with Crippen LogP contribution in [-0.2, 0) is 16.0 Å². The lowest BCUT2D eigenvalue weighted by atomic mass is 10.0. The molecule has 2 N–H and O–H groups in total. The van der Waals surface area contributed by atoms with E-state index in [1.807, 2.05) is 55.1 Å². The standard InChI is InChI=1S/C29H31N5O4/c1-4-38-29(37)23(33-24-25(27(36)26(24)35)34-17(2)5-6-18(34)3)15-19-7-9-21(10-8-19)32-28-22-16-30-13-11-20(22)12-14-31-28/h7-14,16-18,23,33H,4-6,15H2,1-3H3,(H,31,32)/t17-,18-,23-/m0/s1. The number of nitrogens with one attached hydrogen (secondary N) is 2. The lowest BCUT2D eigenvalue weighted by Gasteiger charge is -2.32. The molecule has 0 amide bonds. The largest absolute Gasteiger partial charge is 0.464 e. The van der Waals surface area contributed by atoms with Crippen LogP contribution in [0.5, 0.6) is 0 Å². The number of nitrogens with zero attached hydrogens (tertiary/aromatic N) is 3. The molecule has 38 heavy (non-hydrogen) atoms. The van der Waals surface area contributed by atoms with Crippen LogP contribution in [0.1, 0.15) is 39.2 Å². The molecule has 1 fully saturated rings. The lowest BCUT2D eigenvalue weighted by molar-refractivity contribution is -0.144. The van der Waals surface area contributed by atoms with E-state index >= 15 is 0 Å². The molecule has 0 unspecified atom stereocenters. The Morgan fingerprint density at radius 1 is 1.05 bits per heavy atom. The van der Waals surface area contributed by atoms with Crippen molar-refractivity contribution >= 4 is 39.6 Å². The number of pyridine rings is 2. The first-order chi connectivity index (χ1) is 18.4. The van der Waals surface area contributed by atoms with Crippen LogP contribution in [0, 0.1) is 0 Å². The van der Waals surface area contributed by atoms with Crippen molar-refractivity contribution in [3.63, 3.8) is 0 Å². The Labute approximate surface area is 220 Å². The summed E-state index contributed by atoms with van der Waals surface area (Å²) < 4.78 is 5.29. The summed E-state index contributed by atoms with van der Waals surface area (Å²) >= 11 is 0. The molecule has 0 radical (unpaired) electrons. The number of anilines is 4. The van der Waals surface area contributed by atoms with Crippen LogP contribution in [0.3, 0.4) is 0 Å². The SMILES string of the molecule is CCOC(=O)[C@H](Cc1ccc(Nc2nccc3ccncc23)cc1)Nc1c(N2[C@@H](C)CC[C@@H]2C)c(=O)c1=O. The summed E-state index contributed by atoms with van der Waals surface area (Å²) in [4.78, 5) is 48.6. The zero-order valence-electron chi connectivity index (χ0n) is 21.7. The molecule has 0 bridgehead atoms. The topological polar surface area (TPSA) is 114 Å². The first-order valence-corrected chi connectivity index (χ1v) is 13.0. The van der Waals surface area contributed by atoms with E-state index in [1.54, 1.807) is 25.5 Å². The zero-order chi connectivity index (χ0) is 26.8.